The van der Waals surface area contributed by atoms with E-state index in [1.54, 1.807) is 54.6 Å². The minimum atomic E-state index is -3.98. The maximum atomic E-state index is 13.2. The van der Waals surface area contributed by atoms with E-state index in [2.05, 4.69) is 10.5 Å². The van der Waals surface area contributed by atoms with Crippen LogP contribution in [0.15, 0.2) is 88.9 Å². The molecule has 0 aliphatic carbocycles. The van der Waals surface area contributed by atoms with E-state index in [1.807, 2.05) is 6.07 Å². The van der Waals surface area contributed by atoms with Gasteiger partial charge in [0.15, 0.2) is 0 Å². The van der Waals surface area contributed by atoms with Crippen molar-refractivity contribution in [3.05, 3.63) is 90.0 Å². The quantitative estimate of drug-likeness (QED) is 0.383. The molecule has 0 heterocycles. The number of ether oxygens (including phenoxy) is 1. The molecule has 0 unspecified atom stereocenters. The molecule has 3 aromatic carbocycles. The minimum Gasteiger partial charge on any atom is -0.507 e. The van der Waals surface area contributed by atoms with Crippen molar-refractivity contribution in [3.63, 3.8) is 0 Å². The normalized spacial score (nSPS) is 11.6. The molecule has 3 aromatic rings. The Morgan fingerprint density at radius 1 is 1.03 bits per heavy atom. The largest absolute Gasteiger partial charge is 0.507 e. The van der Waals surface area contributed by atoms with E-state index in [4.69, 9.17) is 4.74 Å². The molecule has 8 nitrogen and oxygen atoms in total. The third-order valence-electron chi connectivity index (χ3n) is 4.55. The number of rotatable bonds is 9. The predicted octanol–water partition coefficient (Wildman–Crippen LogP) is 2.74. The average molecular weight is 454 g/mol. The number of para-hydroxylation sites is 1. The number of methoxy groups -OCH3 is 1. The van der Waals surface area contributed by atoms with E-state index in [9.17, 15) is 18.3 Å². The molecule has 0 radical (unpaired) electrons. The van der Waals surface area contributed by atoms with Crippen molar-refractivity contribution in [1.82, 2.24) is 9.73 Å². The van der Waals surface area contributed by atoms with Gasteiger partial charge >= 0.3 is 0 Å². The van der Waals surface area contributed by atoms with Gasteiger partial charge in [0, 0.05) is 12.1 Å². The minimum absolute atomic E-state index is 0.00576. The van der Waals surface area contributed by atoms with Gasteiger partial charge in [0.2, 0.25) is 10.0 Å². The standard InChI is InChI=1S/C23H23N3O5S/c1-31-20-11-13-21(14-12-20)32(29,30)26(16-18-7-3-2-4-8-18)17-23(28)25-24-15-19-9-5-6-10-22(19)27/h2-15,27H,16-17H2,1H3,(H,25,28)/b24-15-. The van der Waals surface area contributed by atoms with E-state index in [-0.39, 0.29) is 17.2 Å². The second kappa shape index (κ2) is 10.6. The molecule has 0 aliphatic heterocycles. The molecule has 0 atom stereocenters. The van der Waals surface area contributed by atoms with Crippen molar-refractivity contribution >= 4 is 22.1 Å². The fourth-order valence-electron chi connectivity index (χ4n) is 2.88. The number of carbonyl (C=O) groups excluding carboxylic acids is 1. The van der Waals surface area contributed by atoms with Gasteiger partial charge in [0.05, 0.1) is 24.8 Å². The number of phenolic OH excluding ortho intramolecular Hbond substituents is 1. The smallest absolute Gasteiger partial charge is 0.255 e. The molecule has 0 spiro atoms. The molecule has 0 saturated carbocycles. The summed E-state index contributed by atoms with van der Waals surface area (Å²) in [6.07, 6.45) is 1.28. The highest BCUT2D eigenvalue weighted by Crippen LogP contribution is 2.21. The average Bonchev–Trinajstić information content (AvgIpc) is 2.80. The maximum Gasteiger partial charge on any atom is 0.255 e. The summed E-state index contributed by atoms with van der Waals surface area (Å²) in [5.41, 5.74) is 3.46. The summed E-state index contributed by atoms with van der Waals surface area (Å²) in [4.78, 5) is 12.5. The molecule has 0 aliphatic rings. The lowest BCUT2D eigenvalue weighted by molar-refractivity contribution is -0.121. The number of nitrogens with zero attached hydrogens (tertiary/aromatic N) is 2. The van der Waals surface area contributed by atoms with Crippen molar-refractivity contribution in [2.75, 3.05) is 13.7 Å². The highest BCUT2D eigenvalue weighted by Gasteiger charge is 2.27. The number of hydrazone groups is 1. The highest BCUT2D eigenvalue weighted by molar-refractivity contribution is 7.89. The van der Waals surface area contributed by atoms with Gasteiger partial charge in [-0.1, -0.05) is 42.5 Å². The van der Waals surface area contributed by atoms with Crippen LogP contribution in [0, 0.1) is 0 Å². The first kappa shape index (κ1) is 23.0. The lowest BCUT2D eigenvalue weighted by atomic mass is 10.2. The Morgan fingerprint density at radius 3 is 2.34 bits per heavy atom. The van der Waals surface area contributed by atoms with Crippen LogP contribution in [0.1, 0.15) is 11.1 Å². The molecule has 166 valence electrons. The number of hydrogen-bond acceptors (Lipinski definition) is 6. The number of nitrogens with one attached hydrogen (secondary N) is 1. The van der Waals surface area contributed by atoms with Crippen LogP contribution < -0.4 is 10.2 Å². The molecule has 0 aromatic heterocycles. The second-order valence-corrected chi connectivity index (χ2v) is 8.72. The number of sulfonamides is 1. The van der Waals surface area contributed by atoms with Gasteiger partial charge in [-0.2, -0.15) is 9.41 Å². The molecule has 0 fully saturated rings. The van der Waals surface area contributed by atoms with Gasteiger partial charge < -0.3 is 9.84 Å². The summed E-state index contributed by atoms with van der Waals surface area (Å²) in [5, 5.41) is 13.6. The van der Waals surface area contributed by atoms with Crippen LogP contribution in [0.2, 0.25) is 0 Å². The van der Waals surface area contributed by atoms with Gasteiger partial charge in [-0.3, -0.25) is 4.79 Å². The van der Waals surface area contributed by atoms with Crippen LogP contribution in [0.3, 0.4) is 0 Å². The Morgan fingerprint density at radius 2 is 1.69 bits per heavy atom. The van der Waals surface area contributed by atoms with E-state index in [0.29, 0.717) is 11.3 Å². The third kappa shape index (κ3) is 5.93. The molecule has 2 N–H and O–H groups in total. The van der Waals surface area contributed by atoms with Crippen molar-refractivity contribution in [2.45, 2.75) is 11.4 Å². The maximum absolute atomic E-state index is 13.2. The molecule has 0 saturated heterocycles. The summed E-state index contributed by atoms with van der Waals surface area (Å²) in [7, 11) is -2.49. The van der Waals surface area contributed by atoms with Gasteiger partial charge in [0.25, 0.3) is 5.91 Å². The van der Waals surface area contributed by atoms with E-state index in [1.165, 1.54) is 31.5 Å². The molecular formula is C23H23N3O5S. The van der Waals surface area contributed by atoms with Crippen molar-refractivity contribution < 1.29 is 23.1 Å². The van der Waals surface area contributed by atoms with Crippen LogP contribution in [-0.2, 0) is 21.4 Å². The SMILES string of the molecule is COc1ccc(S(=O)(=O)N(CC(=O)N/N=C\c2ccccc2O)Cc2ccccc2)cc1. The molecule has 9 heteroatoms. The van der Waals surface area contributed by atoms with Crippen LogP contribution in [-0.4, -0.2) is 43.6 Å². The third-order valence-corrected chi connectivity index (χ3v) is 6.35. The lowest BCUT2D eigenvalue weighted by Crippen LogP contribution is -2.39. The van der Waals surface area contributed by atoms with Crippen LogP contribution in [0.4, 0.5) is 0 Å². The number of hydrogen-bond donors (Lipinski definition) is 2. The zero-order chi connectivity index (χ0) is 23.0. The summed E-state index contributed by atoms with van der Waals surface area (Å²) in [6.45, 7) is -0.437. The van der Waals surface area contributed by atoms with Crippen LogP contribution in [0.5, 0.6) is 11.5 Å². The van der Waals surface area contributed by atoms with E-state index < -0.39 is 22.5 Å². The Bertz CT molecular complexity index is 1180. The van der Waals surface area contributed by atoms with Crippen LogP contribution in [0.25, 0.3) is 0 Å². The molecule has 32 heavy (non-hydrogen) atoms. The zero-order valence-corrected chi connectivity index (χ0v) is 18.2. The van der Waals surface area contributed by atoms with Crippen molar-refractivity contribution in [1.29, 1.82) is 0 Å². The van der Waals surface area contributed by atoms with Gasteiger partial charge in [-0.15, -0.1) is 0 Å². The Labute approximate surface area is 186 Å². The molecule has 1 amide bonds. The number of benzene rings is 3. The van der Waals surface area contributed by atoms with E-state index >= 15 is 0 Å². The molecular weight excluding hydrogens is 430 g/mol. The van der Waals surface area contributed by atoms with Crippen molar-refractivity contribution in [3.8, 4) is 11.5 Å². The molecule has 0 bridgehead atoms. The van der Waals surface area contributed by atoms with Gasteiger partial charge in [-0.25, -0.2) is 13.8 Å². The van der Waals surface area contributed by atoms with E-state index in [0.717, 1.165) is 9.87 Å². The Hall–Kier alpha value is -3.69. The summed E-state index contributed by atoms with van der Waals surface area (Å²) >= 11 is 0. The number of amides is 1. The van der Waals surface area contributed by atoms with Gasteiger partial charge in [0.1, 0.15) is 11.5 Å². The monoisotopic (exact) mass is 453 g/mol. The first-order valence-corrected chi connectivity index (χ1v) is 11.1. The van der Waals surface area contributed by atoms with Crippen molar-refractivity contribution in [2.24, 2.45) is 5.10 Å². The summed E-state index contributed by atoms with van der Waals surface area (Å²) < 4.78 is 32.7. The number of phenols is 1. The predicted molar refractivity (Wildman–Crippen MR) is 121 cm³/mol. The Kier molecular flexibility index (Phi) is 7.58. The van der Waals surface area contributed by atoms with Gasteiger partial charge in [-0.05, 0) is 42.0 Å². The summed E-state index contributed by atoms with van der Waals surface area (Å²) in [6, 6.07) is 21.4. The van der Waals surface area contributed by atoms with Crippen LogP contribution >= 0.6 is 0 Å². The zero-order valence-electron chi connectivity index (χ0n) is 17.4. The molecule has 3 rings (SSSR count). The Balaban J connectivity index is 1.79. The lowest BCUT2D eigenvalue weighted by Gasteiger charge is -2.21. The summed E-state index contributed by atoms with van der Waals surface area (Å²) in [5.74, 6) is -0.0854. The second-order valence-electron chi connectivity index (χ2n) is 6.79. The first-order chi connectivity index (χ1) is 15.4. The first-order valence-electron chi connectivity index (χ1n) is 9.68. The number of carbonyl (C=O) groups is 1. The fraction of sp³-hybridized carbons (Fsp3) is 0.130. The number of aromatic hydroxyl groups is 1. The topological polar surface area (TPSA) is 108 Å². The fourth-order valence-corrected chi connectivity index (χ4v) is 4.26. The highest BCUT2D eigenvalue weighted by atomic mass is 32.2.